The smallest absolute Gasteiger partial charge is 0.170 e. The highest BCUT2D eigenvalue weighted by Gasteiger charge is 2.39. The molecule has 2 aliphatic heterocycles. The van der Waals surface area contributed by atoms with Gasteiger partial charge in [0.2, 0.25) is 0 Å². The molecule has 0 aliphatic carbocycles. The highest BCUT2D eigenvalue weighted by molar-refractivity contribution is 7.98. The first-order valence-electron chi connectivity index (χ1n) is 5.34. The molecule has 14 heavy (non-hydrogen) atoms. The maximum Gasteiger partial charge on any atom is 0.170 e. The largest absolute Gasteiger partial charge is 0.347 e. The number of hydrogen-bond donors (Lipinski definition) is 0. The fourth-order valence-electron chi connectivity index (χ4n) is 2.12. The minimum Gasteiger partial charge on any atom is -0.347 e. The third-order valence-electron chi connectivity index (χ3n) is 3.04. The molecular weight excluding hydrogens is 198 g/mol. The molecule has 1 spiro atoms. The van der Waals surface area contributed by atoms with Crippen LogP contribution in [0.5, 0.6) is 0 Å². The summed E-state index contributed by atoms with van der Waals surface area (Å²) >= 11 is 1.91. The summed E-state index contributed by atoms with van der Waals surface area (Å²) in [5, 5.41) is 0. The zero-order chi connectivity index (χ0) is 9.86. The van der Waals surface area contributed by atoms with Crippen molar-refractivity contribution in [2.75, 3.05) is 44.9 Å². The van der Waals surface area contributed by atoms with Gasteiger partial charge in [-0.3, -0.25) is 0 Å². The molecule has 0 radical (unpaired) electrons. The average molecular weight is 217 g/mol. The molecule has 0 atom stereocenters. The van der Waals surface area contributed by atoms with Gasteiger partial charge in [0.05, 0.1) is 13.2 Å². The van der Waals surface area contributed by atoms with E-state index in [1.807, 2.05) is 11.8 Å². The van der Waals surface area contributed by atoms with E-state index in [2.05, 4.69) is 11.2 Å². The molecular formula is C10H19NO2S. The topological polar surface area (TPSA) is 21.7 Å². The number of thioether (sulfide) groups is 1. The van der Waals surface area contributed by atoms with Gasteiger partial charge in [-0.05, 0) is 6.26 Å². The highest BCUT2D eigenvalue weighted by Crippen LogP contribution is 2.31. The van der Waals surface area contributed by atoms with Crippen LogP contribution in [0.1, 0.15) is 12.8 Å². The summed E-state index contributed by atoms with van der Waals surface area (Å²) in [6.45, 7) is 5.02. The first-order valence-corrected chi connectivity index (χ1v) is 6.73. The lowest BCUT2D eigenvalue weighted by molar-refractivity contribution is -0.184. The Labute approximate surface area is 90.1 Å². The molecule has 0 unspecified atom stereocenters. The molecule has 2 aliphatic rings. The molecule has 0 aromatic rings. The van der Waals surface area contributed by atoms with Crippen molar-refractivity contribution in [2.45, 2.75) is 18.6 Å². The lowest BCUT2D eigenvalue weighted by Gasteiger charge is -2.37. The molecule has 0 saturated carbocycles. The summed E-state index contributed by atoms with van der Waals surface area (Å²) in [4.78, 5) is 2.51. The van der Waals surface area contributed by atoms with Crippen LogP contribution in [0.15, 0.2) is 0 Å². The van der Waals surface area contributed by atoms with Crippen molar-refractivity contribution in [3.8, 4) is 0 Å². The Hall–Kier alpha value is 0.230. The van der Waals surface area contributed by atoms with Gasteiger partial charge in [0.25, 0.3) is 0 Å². The monoisotopic (exact) mass is 217 g/mol. The van der Waals surface area contributed by atoms with E-state index in [4.69, 9.17) is 9.47 Å². The van der Waals surface area contributed by atoms with Gasteiger partial charge >= 0.3 is 0 Å². The molecule has 4 heteroatoms. The van der Waals surface area contributed by atoms with Gasteiger partial charge in [-0.2, -0.15) is 11.8 Å². The van der Waals surface area contributed by atoms with Crippen LogP contribution >= 0.6 is 11.8 Å². The summed E-state index contributed by atoms with van der Waals surface area (Å²) in [6.07, 6.45) is 4.25. The van der Waals surface area contributed by atoms with Gasteiger partial charge in [-0.25, -0.2) is 0 Å². The van der Waals surface area contributed by atoms with Gasteiger partial charge in [-0.1, -0.05) is 0 Å². The minimum atomic E-state index is -0.199. The predicted molar refractivity (Wildman–Crippen MR) is 58.7 cm³/mol. The standard InChI is InChI=1S/C10H19NO2S/c1-14-9-6-11-4-2-10(3-5-11)12-7-8-13-10/h2-9H2,1H3. The lowest BCUT2D eigenvalue weighted by Crippen LogP contribution is -2.45. The number of likely N-dealkylation sites (tertiary alicyclic amines) is 1. The van der Waals surface area contributed by atoms with Crippen LogP contribution in [0.4, 0.5) is 0 Å². The number of ether oxygens (including phenoxy) is 2. The molecule has 2 fully saturated rings. The van der Waals surface area contributed by atoms with Gasteiger partial charge in [0.15, 0.2) is 5.79 Å². The lowest BCUT2D eigenvalue weighted by atomic mass is 10.0. The van der Waals surface area contributed by atoms with Crippen molar-refractivity contribution < 1.29 is 9.47 Å². The highest BCUT2D eigenvalue weighted by atomic mass is 32.2. The van der Waals surface area contributed by atoms with Crippen molar-refractivity contribution in [1.29, 1.82) is 0 Å². The van der Waals surface area contributed by atoms with Gasteiger partial charge in [0.1, 0.15) is 0 Å². The van der Waals surface area contributed by atoms with Crippen LogP contribution in [0.25, 0.3) is 0 Å². The second kappa shape index (κ2) is 4.84. The zero-order valence-electron chi connectivity index (χ0n) is 8.83. The van der Waals surface area contributed by atoms with Crippen molar-refractivity contribution in [3.63, 3.8) is 0 Å². The third-order valence-corrected chi connectivity index (χ3v) is 3.63. The Morgan fingerprint density at radius 3 is 2.43 bits per heavy atom. The Morgan fingerprint density at radius 1 is 1.21 bits per heavy atom. The second-order valence-corrected chi connectivity index (χ2v) is 4.93. The number of nitrogens with zero attached hydrogens (tertiary/aromatic N) is 1. The van der Waals surface area contributed by atoms with Crippen LogP contribution in [-0.4, -0.2) is 55.5 Å². The SMILES string of the molecule is CSCCN1CCC2(CC1)OCCO2. The molecule has 2 rings (SSSR count). The van der Waals surface area contributed by atoms with E-state index in [1.54, 1.807) is 0 Å². The van der Waals surface area contributed by atoms with Gasteiger partial charge in [0, 0.05) is 38.2 Å². The van der Waals surface area contributed by atoms with Crippen LogP contribution in [0.3, 0.4) is 0 Å². The number of piperidine rings is 1. The van der Waals surface area contributed by atoms with Crippen LogP contribution in [0.2, 0.25) is 0 Å². The van der Waals surface area contributed by atoms with Crippen molar-refractivity contribution in [2.24, 2.45) is 0 Å². The third kappa shape index (κ3) is 2.42. The summed E-state index contributed by atoms with van der Waals surface area (Å²) in [7, 11) is 0. The summed E-state index contributed by atoms with van der Waals surface area (Å²) in [6, 6.07) is 0. The maximum atomic E-state index is 5.68. The van der Waals surface area contributed by atoms with Crippen LogP contribution < -0.4 is 0 Å². The van der Waals surface area contributed by atoms with Crippen molar-refractivity contribution in [3.05, 3.63) is 0 Å². The molecule has 0 aromatic heterocycles. The Bertz CT molecular complexity index is 173. The number of rotatable bonds is 3. The fourth-order valence-corrected chi connectivity index (χ4v) is 2.56. The second-order valence-electron chi connectivity index (χ2n) is 3.94. The molecule has 0 bridgehead atoms. The van der Waals surface area contributed by atoms with Crippen LogP contribution in [-0.2, 0) is 9.47 Å². The summed E-state index contributed by atoms with van der Waals surface area (Å²) in [5.41, 5.74) is 0. The van der Waals surface area contributed by atoms with Crippen LogP contribution in [0, 0.1) is 0 Å². The minimum absolute atomic E-state index is 0.199. The van der Waals surface area contributed by atoms with E-state index in [9.17, 15) is 0 Å². The van der Waals surface area contributed by atoms with E-state index < -0.39 is 0 Å². The Kier molecular flexibility index (Phi) is 3.71. The zero-order valence-corrected chi connectivity index (χ0v) is 9.65. The molecule has 82 valence electrons. The maximum absolute atomic E-state index is 5.68. The first-order chi connectivity index (χ1) is 6.85. The van der Waals surface area contributed by atoms with E-state index in [1.165, 1.54) is 12.3 Å². The van der Waals surface area contributed by atoms with Gasteiger partial charge in [-0.15, -0.1) is 0 Å². The summed E-state index contributed by atoms with van der Waals surface area (Å²) < 4.78 is 11.4. The molecule has 0 aromatic carbocycles. The molecule has 3 nitrogen and oxygen atoms in total. The molecule has 0 amide bonds. The summed E-state index contributed by atoms with van der Waals surface area (Å²) in [5.74, 6) is 1.03. The normalized spacial score (nSPS) is 27.2. The van der Waals surface area contributed by atoms with E-state index >= 15 is 0 Å². The molecule has 0 N–H and O–H groups in total. The number of hydrogen-bond acceptors (Lipinski definition) is 4. The molecule has 2 heterocycles. The Balaban J connectivity index is 1.74. The predicted octanol–water partition coefficient (Wildman–Crippen LogP) is 1.19. The van der Waals surface area contributed by atoms with Crippen molar-refractivity contribution in [1.82, 2.24) is 4.90 Å². The van der Waals surface area contributed by atoms with E-state index in [0.717, 1.165) is 39.1 Å². The van der Waals surface area contributed by atoms with E-state index in [0.29, 0.717) is 0 Å². The Morgan fingerprint density at radius 2 is 1.86 bits per heavy atom. The fraction of sp³-hybridized carbons (Fsp3) is 1.00. The van der Waals surface area contributed by atoms with Gasteiger partial charge < -0.3 is 14.4 Å². The molecule has 2 saturated heterocycles. The van der Waals surface area contributed by atoms with Crippen molar-refractivity contribution >= 4 is 11.8 Å². The van der Waals surface area contributed by atoms with E-state index in [-0.39, 0.29) is 5.79 Å². The average Bonchev–Trinajstić information content (AvgIpc) is 2.66. The quantitative estimate of drug-likeness (QED) is 0.708. The first kappa shape index (κ1) is 10.7.